The monoisotopic (exact) mass is 408 g/mol. The molecule has 0 bridgehead atoms. The van der Waals surface area contributed by atoms with Crippen molar-refractivity contribution in [2.24, 2.45) is 0 Å². The van der Waals surface area contributed by atoms with Crippen LogP contribution in [0.2, 0.25) is 0 Å². The predicted molar refractivity (Wildman–Crippen MR) is 120 cm³/mol. The molecule has 160 valence electrons. The van der Waals surface area contributed by atoms with Gasteiger partial charge in [-0.2, -0.15) is 0 Å². The number of nitrogens with zero attached hydrogens (tertiary/aromatic N) is 4. The first-order valence-electron chi connectivity index (χ1n) is 11.0. The minimum Gasteiger partial charge on any atom is -0.299 e. The molecular formula is C23H32N6O. The summed E-state index contributed by atoms with van der Waals surface area (Å²) in [4.78, 5) is 25.9. The van der Waals surface area contributed by atoms with Crippen LogP contribution < -0.4 is 10.6 Å². The third-order valence-corrected chi connectivity index (χ3v) is 6.37. The van der Waals surface area contributed by atoms with E-state index in [4.69, 9.17) is 0 Å². The largest absolute Gasteiger partial charge is 0.326 e. The molecule has 0 spiro atoms. The van der Waals surface area contributed by atoms with Gasteiger partial charge in [0.1, 0.15) is 11.6 Å². The molecule has 0 radical (unpaired) electrons. The van der Waals surface area contributed by atoms with Crippen LogP contribution in [0, 0.1) is 0 Å². The van der Waals surface area contributed by atoms with Crippen LogP contribution in [0.4, 0.5) is 16.4 Å². The average molecular weight is 409 g/mol. The van der Waals surface area contributed by atoms with Gasteiger partial charge in [0.25, 0.3) is 0 Å². The first-order chi connectivity index (χ1) is 14.6. The SMILES string of the molecule is CN1CCCCC1c1ccc(NC(=O)Nc2ccc(C3CCCCN3C)cn2)nc1. The summed E-state index contributed by atoms with van der Waals surface area (Å²) in [7, 11) is 4.32. The van der Waals surface area contributed by atoms with Gasteiger partial charge in [-0.05, 0) is 76.1 Å². The van der Waals surface area contributed by atoms with E-state index in [0.29, 0.717) is 23.7 Å². The maximum Gasteiger partial charge on any atom is 0.326 e. The zero-order valence-corrected chi connectivity index (χ0v) is 18.0. The van der Waals surface area contributed by atoms with Gasteiger partial charge in [0.15, 0.2) is 0 Å². The van der Waals surface area contributed by atoms with Gasteiger partial charge in [0.2, 0.25) is 0 Å². The molecule has 30 heavy (non-hydrogen) atoms. The second kappa shape index (κ2) is 9.53. The highest BCUT2D eigenvalue weighted by Gasteiger charge is 2.22. The van der Waals surface area contributed by atoms with Crippen LogP contribution in [0.15, 0.2) is 36.7 Å². The number of amides is 2. The lowest BCUT2D eigenvalue weighted by Crippen LogP contribution is -2.29. The van der Waals surface area contributed by atoms with Crippen LogP contribution >= 0.6 is 0 Å². The molecule has 2 amide bonds. The summed E-state index contributed by atoms with van der Waals surface area (Å²) in [6, 6.07) is 8.35. The number of piperidine rings is 2. The highest BCUT2D eigenvalue weighted by Crippen LogP contribution is 2.30. The number of hydrogen-bond acceptors (Lipinski definition) is 5. The quantitative estimate of drug-likeness (QED) is 0.783. The zero-order chi connectivity index (χ0) is 20.9. The minimum atomic E-state index is -0.333. The number of urea groups is 1. The number of anilines is 2. The van der Waals surface area contributed by atoms with Crippen molar-refractivity contribution >= 4 is 17.7 Å². The maximum absolute atomic E-state index is 12.3. The number of rotatable bonds is 4. The molecule has 2 aliphatic rings. The summed E-state index contributed by atoms with van der Waals surface area (Å²) >= 11 is 0. The van der Waals surface area contributed by atoms with E-state index in [1.165, 1.54) is 36.8 Å². The third-order valence-electron chi connectivity index (χ3n) is 6.37. The van der Waals surface area contributed by atoms with Crippen molar-refractivity contribution in [1.29, 1.82) is 0 Å². The van der Waals surface area contributed by atoms with Crippen molar-refractivity contribution in [2.45, 2.75) is 50.6 Å². The van der Waals surface area contributed by atoms with Gasteiger partial charge < -0.3 is 0 Å². The average Bonchev–Trinajstić information content (AvgIpc) is 2.76. The van der Waals surface area contributed by atoms with E-state index in [1.807, 2.05) is 24.5 Å². The van der Waals surface area contributed by atoms with Crippen LogP contribution in [-0.4, -0.2) is 53.0 Å². The Kier molecular flexibility index (Phi) is 6.59. The Hall–Kier alpha value is -2.51. The van der Waals surface area contributed by atoms with Crippen molar-refractivity contribution in [3.05, 3.63) is 47.8 Å². The summed E-state index contributed by atoms with van der Waals surface area (Å²) < 4.78 is 0. The standard InChI is InChI=1S/C23H32N6O/c1-28-13-5-3-7-19(28)17-9-11-21(24-15-17)26-23(30)27-22-12-10-18(16-25-22)20-8-4-6-14-29(20)2/h9-12,15-16,19-20H,3-8,13-14H2,1-2H3,(H2,24,25,26,27,30). The van der Waals surface area contributed by atoms with Crippen molar-refractivity contribution in [3.8, 4) is 0 Å². The number of likely N-dealkylation sites (tertiary alicyclic amines) is 2. The van der Waals surface area contributed by atoms with Gasteiger partial charge >= 0.3 is 6.03 Å². The second-order valence-corrected chi connectivity index (χ2v) is 8.52. The van der Waals surface area contributed by atoms with Gasteiger partial charge in [-0.25, -0.2) is 14.8 Å². The van der Waals surface area contributed by atoms with Gasteiger partial charge in [0.05, 0.1) is 0 Å². The molecule has 7 nitrogen and oxygen atoms in total. The highest BCUT2D eigenvalue weighted by atomic mass is 16.2. The van der Waals surface area contributed by atoms with E-state index >= 15 is 0 Å². The molecule has 2 aliphatic heterocycles. The molecule has 0 saturated carbocycles. The first kappa shape index (κ1) is 20.8. The van der Waals surface area contributed by atoms with Gasteiger partial charge in [0, 0.05) is 24.5 Å². The molecule has 4 rings (SSSR count). The van der Waals surface area contributed by atoms with Gasteiger partial charge in [-0.3, -0.25) is 20.4 Å². The van der Waals surface area contributed by atoms with Gasteiger partial charge in [-0.15, -0.1) is 0 Å². The Labute approximate surface area is 178 Å². The molecule has 0 aromatic carbocycles. The molecular weight excluding hydrogens is 376 g/mol. The Morgan fingerprint density at radius 1 is 0.800 bits per heavy atom. The first-order valence-corrected chi connectivity index (χ1v) is 11.0. The molecule has 2 fully saturated rings. The van der Waals surface area contributed by atoms with Crippen LogP contribution in [0.1, 0.15) is 61.7 Å². The van der Waals surface area contributed by atoms with Crippen molar-refractivity contribution in [3.63, 3.8) is 0 Å². The fourth-order valence-corrected chi connectivity index (χ4v) is 4.61. The molecule has 0 aliphatic carbocycles. The fourth-order valence-electron chi connectivity index (χ4n) is 4.61. The molecule has 4 heterocycles. The molecule has 7 heteroatoms. The minimum absolute atomic E-state index is 0.333. The van der Waals surface area contributed by atoms with E-state index < -0.39 is 0 Å². The number of carbonyl (C=O) groups excluding carboxylic acids is 1. The Morgan fingerprint density at radius 3 is 1.63 bits per heavy atom. The number of pyridine rings is 2. The van der Waals surface area contributed by atoms with Crippen molar-refractivity contribution in [2.75, 3.05) is 37.8 Å². The number of carbonyl (C=O) groups is 1. The topological polar surface area (TPSA) is 73.4 Å². The van der Waals surface area contributed by atoms with E-state index in [0.717, 1.165) is 25.9 Å². The summed E-state index contributed by atoms with van der Waals surface area (Å²) in [5.74, 6) is 1.07. The Bertz CT molecular complexity index is 768. The molecule has 2 N–H and O–H groups in total. The number of nitrogens with one attached hydrogen (secondary N) is 2. The summed E-state index contributed by atoms with van der Waals surface area (Å²) in [5.41, 5.74) is 2.40. The molecule has 2 aromatic heterocycles. The summed E-state index contributed by atoms with van der Waals surface area (Å²) in [5, 5.41) is 5.59. The van der Waals surface area contributed by atoms with Crippen LogP contribution in [0.3, 0.4) is 0 Å². The van der Waals surface area contributed by atoms with Crippen LogP contribution in [0.5, 0.6) is 0 Å². The lowest BCUT2D eigenvalue weighted by molar-refractivity contribution is 0.187. The highest BCUT2D eigenvalue weighted by molar-refractivity contribution is 5.98. The second-order valence-electron chi connectivity index (χ2n) is 8.52. The number of aromatic nitrogens is 2. The zero-order valence-electron chi connectivity index (χ0n) is 18.0. The predicted octanol–water partition coefficient (Wildman–Crippen LogP) is 4.43. The lowest BCUT2D eigenvalue weighted by Gasteiger charge is -2.32. The van der Waals surface area contributed by atoms with Gasteiger partial charge in [-0.1, -0.05) is 25.0 Å². The normalized spacial score (nSPS) is 23.1. The summed E-state index contributed by atoms with van der Waals surface area (Å²) in [6.07, 6.45) is 11.1. The Balaban J connectivity index is 1.32. The third kappa shape index (κ3) is 4.96. The summed E-state index contributed by atoms with van der Waals surface area (Å²) in [6.45, 7) is 2.24. The smallest absolute Gasteiger partial charge is 0.299 e. The lowest BCUT2D eigenvalue weighted by atomic mass is 9.97. The molecule has 2 aromatic rings. The van der Waals surface area contributed by atoms with E-state index in [9.17, 15) is 4.79 Å². The van der Waals surface area contributed by atoms with Crippen molar-refractivity contribution in [1.82, 2.24) is 19.8 Å². The Morgan fingerprint density at radius 2 is 1.27 bits per heavy atom. The number of hydrogen-bond donors (Lipinski definition) is 2. The van der Waals surface area contributed by atoms with E-state index in [2.05, 4.69) is 56.6 Å². The van der Waals surface area contributed by atoms with E-state index in [-0.39, 0.29) is 6.03 Å². The molecule has 2 unspecified atom stereocenters. The fraction of sp³-hybridized carbons (Fsp3) is 0.522. The van der Waals surface area contributed by atoms with Crippen molar-refractivity contribution < 1.29 is 4.79 Å². The van der Waals surface area contributed by atoms with E-state index in [1.54, 1.807) is 0 Å². The maximum atomic E-state index is 12.3. The van der Waals surface area contributed by atoms with Crippen LogP contribution in [-0.2, 0) is 0 Å². The van der Waals surface area contributed by atoms with Crippen LogP contribution in [0.25, 0.3) is 0 Å². The molecule has 2 saturated heterocycles. The molecule has 2 atom stereocenters.